The number of imidazole rings is 1. The van der Waals surface area contributed by atoms with E-state index in [9.17, 15) is 9.90 Å². The number of aromatic amines is 1. The first-order chi connectivity index (χ1) is 9.13. The summed E-state index contributed by atoms with van der Waals surface area (Å²) in [6.07, 6.45) is 0. The van der Waals surface area contributed by atoms with Gasteiger partial charge in [0.15, 0.2) is 0 Å². The molecule has 0 fully saturated rings. The van der Waals surface area contributed by atoms with E-state index in [1.54, 1.807) is 22.8 Å². The van der Waals surface area contributed by atoms with Crippen LogP contribution in [0.3, 0.4) is 0 Å². The number of nitrogens with one attached hydrogen (secondary N) is 1. The number of rotatable bonds is 2. The molecule has 0 bridgehead atoms. The molecule has 2 N–H and O–H groups in total. The minimum Gasteiger partial charge on any atom is -0.508 e. The largest absolute Gasteiger partial charge is 0.508 e. The van der Waals surface area contributed by atoms with Crippen molar-refractivity contribution in [1.82, 2.24) is 9.55 Å². The fourth-order valence-electron chi connectivity index (χ4n) is 2.12. The van der Waals surface area contributed by atoms with Gasteiger partial charge in [0.2, 0.25) is 0 Å². The zero-order valence-corrected chi connectivity index (χ0v) is 11.5. The van der Waals surface area contributed by atoms with E-state index in [0.717, 1.165) is 15.6 Å². The number of hydrogen-bond donors (Lipinski definition) is 2. The number of phenolic OH excluding ortho intramolecular Hbond substituents is 1. The molecule has 1 heterocycles. The number of H-pyrrole nitrogens is 1. The van der Waals surface area contributed by atoms with E-state index < -0.39 is 0 Å². The topological polar surface area (TPSA) is 58.0 Å². The summed E-state index contributed by atoms with van der Waals surface area (Å²) in [6, 6.07) is 12.6. The number of benzene rings is 2. The molecule has 0 amide bonds. The van der Waals surface area contributed by atoms with E-state index in [4.69, 9.17) is 0 Å². The standard InChI is InChI=1S/C14H11BrN2O2/c15-10-3-1-2-9(6-10)8-17-13-7-11(18)4-5-12(13)16-14(17)19/h1-7,18H,8H2,(H,16,19). The number of hydrogen-bond acceptors (Lipinski definition) is 2. The molecule has 19 heavy (non-hydrogen) atoms. The Balaban J connectivity index is 2.12. The molecule has 0 aliphatic carbocycles. The Labute approximate surface area is 117 Å². The van der Waals surface area contributed by atoms with Gasteiger partial charge >= 0.3 is 5.69 Å². The normalized spacial score (nSPS) is 11.0. The van der Waals surface area contributed by atoms with Crippen molar-refractivity contribution in [3.8, 4) is 5.75 Å². The summed E-state index contributed by atoms with van der Waals surface area (Å²) in [5.74, 6) is 0.148. The van der Waals surface area contributed by atoms with Gasteiger partial charge in [0.25, 0.3) is 0 Å². The zero-order valence-electron chi connectivity index (χ0n) is 9.93. The van der Waals surface area contributed by atoms with Crippen molar-refractivity contribution in [2.75, 3.05) is 0 Å². The lowest BCUT2D eigenvalue weighted by Crippen LogP contribution is -2.17. The Morgan fingerprint density at radius 1 is 1.21 bits per heavy atom. The molecule has 0 saturated carbocycles. The van der Waals surface area contributed by atoms with E-state index in [0.29, 0.717) is 12.1 Å². The van der Waals surface area contributed by atoms with Crippen LogP contribution in [0.4, 0.5) is 0 Å². The molecule has 0 atom stereocenters. The monoisotopic (exact) mass is 318 g/mol. The summed E-state index contributed by atoms with van der Waals surface area (Å²) in [6.45, 7) is 0.460. The summed E-state index contributed by atoms with van der Waals surface area (Å²) in [4.78, 5) is 14.7. The Kier molecular flexibility index (Phi) is 2.91. The van der Waals surface area contributed by atoms with Crippen LogP contribution in [0.5, 0.6) is 5.75 Å². The van der Waals surface area contributed by atoms with Crippen LogP contribution in [0.2, 0.25) is 0 Å². The third-order valence-electron chi connectivity index (χ3n) is 2.99. The fourth-order valence-corrected chi connectivity index (χ4v) is 2.56. The third-order valence-corrected chi connectivity index (χ3v) is 3.48. The van der Waals surface area contributed by atoms with Crippen molar-refractivity contribution in [2.24, 2.45) is 0 Å². The van der Waals surface area contributed by atoms with Gasteiger partial charge < -0.3 is 10.1 Å². The van der Waals surface area contributed by atoms with Gasteiger partial charge in [-0.25, -0.2) is 4.79 Å². The SMILES string of the molecule is O=c1[nH]c2ccc(O)cc2n1Cc1cccc(Br)c1. The summed E-state index contributed by atoms with van der Waals surface area (Å²) in [5.41, 5.74) is 2.25. The van der Waals surface area contributed by atoms with Crippen molar-refractivity contribution in [3.05, 3.63) is 63.0 Å². The van der Waals surface area contributed by atoms with Gasteiger partial charge in [-0.15, -0.1) is 0 Å². The lowest BCUT2D eigenvalue weighted by atomic mass is 10.2. The predicted molar refractivity (Wildman–Crippen MR) is 77.5 cm³/mol. The molecule has 0 spiro atoms. The number of phenols is 1. The first-order valence-corrected chi connectivity index (χ1v) is 6.59. The minimum absolute atomic E-state index is 0.148. The molecular weight excluding hydrogens is 308 g/mol. The Morgan fingerprint density at radius 3 is 2.84 bits per heavy atom. The Bertz CT molecular complexity index is 805. The van der Waals surface area contributed by atoms with Crippen molar-refractivity contribution >= 4 is 27.0 Å². The van der Waals surface area contributed by atoms with Gasteiger partial charge in [-0.2, -0.15) is 0 Å². The van der Waals surface area contributed by atoms with Gasteiger partial charge in [0, 0.05) is 10.5 Å². The van der Waals surface area contributed by atoms with Crippen LogP contribution in [0.15, 0.2) is 51.7 Å². The van der Waals surface area contributed by atoms with Crippen LogP contribution in [-0.4, -0.2) is 14.7 Å². The van der Waals surface area contributed by atoms with Crippen LogP contribution < -0.4 is 5.69 Å². The summed E-state index contributed by atoms with van der Waals surface area (Å²) < 4.78 is 2.58. The molecule has 3 rings (SSSR count). The number of aromatic hydroxyl groups is 1. The highest BCUT2D eigenvalue weighted by molar-refractivity contribution is 9.10. The molecule has 0 radical (unpaired) electrons. The Hall–Kier alpha value is -2.01. The average Bonchev–Trinajstić information content (AvgIpc) is 2.66. The highest BCUT2D eigenvalue weighted by Gasteiger charge is 2.08. The Morgan fingerprint density at radius 2 is 2.05 bits per heavy atom. The minimum atomic E-state index is -0.180. The molecule has 5 heteroatoms. The smallest absolute Gasteiger partial charge is 0.326 e. The molecule has 96 valence electrons. The molecule has 1 aromatic heterocycles. The van der Waals surface area contributed by atoms with Gasteiger partial charge in [0.1, 0.15) is 5.75 Å². The molecular formula is C14H11BrN2O2. The van der Waals surface area contributed by atoms with Crippen molar-refractivity contribution in [2.45, 2.75) is 6.54 Å². The van der Waals surface area contributed by atoms with Crippen molar-refractivity contribution in [3.63, 3.8) is 0 Å². The van der Waals surface area contributed by atoms with E-state index in [2.05, 4.69) is 20.9 Å². The highest BCUT2D eigenvalue weighted by Crippen LogP contribution is 2.19. The van der Waals surface area contributed by atoms with Gasteiger partial charge in [-0.1, -0.05) is 28.1 Å². The number of nitrogens with zero attached hydrogens (tertiary/aromatic N) is 1. The first kappa shape index (κ1) is 12.0. The molecule has 0 aliphatic rings. The molecule has 0 unspecified atom stereocenters. The van der Waals surface area contributed by atoms with E-state index in [-0.39, 0.29) is 11.4 Å². The molecule has 0 aliphatic heterocycles. The summed E-state index contributed by atoms with van der Waals surface area (Å²) in [7, 11) is 0. The maximum atomic E-state index is 12.0. The average molecular weight is 319 g/mol. The van der Waals surface area contributed by atoms with Gasteiger partial charge in [0.05, 0.1) is 17.6 Å². The molecule has 3 aromatic rings. The second kappa shape index (κ2) is 4.59. The fraction of sp³-hybridized carbons (Fsp3) is 0.0714. The van der Waals surface area contributed by atoms with Crippen molar-refractivity contribution < 1.29 is 5.11 Å². The maximum absolute atomic E-state index is 12.0. The second-order valence-electron chi connectivity index (χ2n) is 4.35. The second-order valence-corrected chi connectivity index (χ2v) is 5.26. The van der Waals surface area contributed by atoms with E-state index in [1.807, 2.05) is 24.3 Å². The predicted octanol–water partition coefficient (Wildman–Crippen LogP) is 2.85. The number of halogens is 1. The third kappa shape index (κ3) is 2.29. The lowest BCUT2D eigenvalue weighted by molar-refractivity contribution is 0.476. The molecule has 2 aromatic carbocycles. The highest BCUT2D eigenvalue weighted by atomic mass is 79.9. The summed E-state index contributed by atoms with van der Waals surface area (Å²) in [5, 5.41) is 9.54. The van der Waals surface area contributed by atoms with Gasteiger partial charge in [-0.05, 0) is 29.8 Å². The van der Waals surface area contributed by atoms with E-state index in [1.165, 1.54) is 0 Å². The van der Waals surface area contributed by atoms with Crippen LogP contribution in [0.1, 0.15) is 5.56 Å². The van der Waals surface area contributed by atoms with Crippen LogP contribution >= 0.6 is 15.9 Å². The van der Waals surface area contributed by atoms with Gasteiger partial charge in [-0.3, -0.25) is 4.57 Å². The number of aromatic nitrogens is 2. The quantitative estimate of drug-likeness (QED) is 0.763. The molecule has 0 saturated heterocycles. The van der Waals surface area contributed by atoms with Crippen molar-refractivity contribution in [1.29, 1.82) is 0 Å². The molecule has 4 nitrogen and oxygen atoms in total. The number of fused-ring (bicyclic) bond motifs is 1. The van der Waals surface area contributed by atoms with Crippen LogP contribution in [0, 0.1) is 0 Å². The van der Waals surface area contributed by atoms with Crippen LogP contribution in [-0.2, 0) is 6.54 Å². The van der Waals surface area contributed by atoms with E-state index >= 15 is 0 Å². The zero-order chi connectivity index (χ0) is 13.4. The maximum Gasteiger partial charge on any atom is 0.326 e. The lowest BCUT2D eigenvalue weighted by Gasteiger charge is -2.04. The first-order valence-electron chi connectivity index (χ1n) is 5.79. The van der Waals surface area contributed by atoms with Crippen LogP contribution in [0.25, 0.3) is 11.0 Å². The summed E-state index contributed by atoms with van der Waals surface area (Å²) >= 11 is 3.41.